The Morgan fingerprint density at radius 1 is 0.523 bits per heavy atom. The number of carbonyl (C=O) groups is 4. The van der Waals surface area contributed by atoms with Crippen LogP contribution < -0.4 is 0 Å². The fourth-order valence-corrected chi connectivity index (χ4v) is 5.46. The standard InChI is InChI=1S/C36H28N2O6/c1-3-43-35(41)25-21-31(33(39)23-13-7-5-8-14-23)37-27(25)17-11-19-29(37)30-20-12-18-28-26(36(42)44-4-2)22-32(38(28)30)34(40)24-15-9-6-10-16-24/h5-22H,3-4H2,1-2H3. The highest BCUT2D eigenvalue weighted by Crippen LogP contribution is 2.32. The zero-order valence-corrected chi connectivity index (χ0v) is 24.2. The molecule has 0 aliphatic rings. The lowest BCUT2D eigenvalue weighted by molar-refractivity contribution is 0.0519. The predicted molar refractivity (Wildman–Crippen MR) is 165 cm³/mol. The van der Waals surface area contributed by atoms with Gasteiger partial charge in [0, 0.05) is 11.1 Å². The number of fused-ring (bicyclic) bond motifs is 2. The maximum atomic E-state index is 13.9. The number of ether oxygens (including phenoxy) is 2. The topological polar surface area (TPSA) is 95.6 Å². The Labute approximate surface area is 253 Å². The van der Waals surface area contributed by atoms with Crippen LogP contribution in [0.4, 0.5) is 0 Å². The Balaban J connectivity index is 1.68. The Hall–Kier alpha value is -5.76. The molecule has 0 saturated carbocycles. The third-order valence-corrected chi connectivity index (χ3v) is 7.37. The summed E-state index contributed by atoms with van der Waals surface area (Å²) in [7, 11) is 0. The molecule has 0 radical (unpaired) electrons. The van der Waals surface area contributed by atoms with E-state index in [0.717, 1.165) is 0 Å². The highest BCUT2D eigenvalue weighted by Gasteiger charge is 2.27. The molecule has 0 bridgehead atoms. The van der Waals surface area contributed by atoms with Gasteiger partial charge in [0.05, 0.1) is 58.1 Å². The molecule has 0 amide bonds. The molecule has 0 aliphatic carbocycles. The first-order valence-corrected chi connectivity index (χ1v) is 14.3. The monoisotopic (exact) mass is 584 g/mol. The minimum absolute atomic E-state index is 0.169. The van der Waals surface area contributed by atoms with Gasteiger partial charge >= 0.3 is 11.9 Å². The lowest BCUT2D eigenvalue weighted by atomic mass is 10.1. The number of nitrogens with zero attached hydrogens (tertiary/aromatic N) is 2. The average molecular weight is 585 g/mol. The van der Waals surface area contributed by atoms with Crippen molar-refractivity contribution in [2.75, 3.05) is 13.2 Å². The fraction of sp³-hybridized carbons (Fsp3) is 0.111. The normalized spacial score (nSPS) is 11.0. The van der Waals surface area contributed by atoms with E-state index in [1.54, 1.807) is 120 Å². The summed E-state index contributed by atoms with van der Waals surface area (Å²) in [6.45, 7) is 3.78. The highest BCUT2D eigenvalue weighted by atomic mass is 16.5. The van der Waals surface area contributed by atoms with Crippen LogP contribution in [-0.4, -0.2) is 45.5 Å². The van der Waals surface area contributed by atoms with Crippen LogP contribution >= 0.6 is 0 Å². The third-order valence-electron chi connectivity index (χ3n) is 7.37. The van der Waals surface area contributed by atoms with Gasteiger partial charge in [-0.1, -0.05) is 72.8 Å². The molecule has 4 heterocycles. The summed E-state index contributed by atoms with van der Waals surface area (Å²) in [6, 6.07) is 31.3. The molecule has 8 nitrogen and oxygen atoms in total. The second-order valence-corrected chi connectivity index (χ2v) is 9.98. The molecule has 2 aromatic carbocycles. The smallest absolute Gasteiger partial charge is 0.340 e. The maximum Gasteiger partial charge on any atom is 0.340 e. The molecule has 6 rings (SSSR count). The third kappa shape index (κ3) is 4.86. The van der Waals surface area contributed by atoms with Crippen LogP contribution in [0, 0.1) is 0 Å². The van der Waals surface area contributed by atoms with Gasteiger partial charge in [0.15, 0.2) is 0 Å². The number of hydrogen-bond acceptors (Lipinski definition) is 6. The van der Waals surface area contributed by atoms with Crippen molar-refractivity contribution in [1.82, 2.24) is 8.80 Å². The van der Waals surface area contributed by atoms with Gasteiger partial charge in [-0.3, -0.25) is 9.59 Å². The van der Waals surface area contributed by atoms with Crippen molar-refractivity contribution in [2.45, 2.75) is 13.8 Å². The molecular formula is C36H28N2O6. The Kier molecular flexibility index (Phi) is 7.64. The number of aromatic nitrogens is 2. The van der Waals surface area contributed by atoms with Crippen LogP contribution in [0.3, 0.4) is 0 Å². The molecule has 8 heteroatoms. The summed E-state index contributed by atoms with van der Waals surface area (Å²) in [5.74, 6) is -1.71. The van der Waals surface area contributed by atoms with Gasteiger partial charge in [-0.15, -0.1) is 0 Å². The minimum atomic E-state index is -0.557. The summed E-state index contributed by atoms with van der Waals surface area (Å²) >= 11 is 0. The lowest BCUT2D eigenvalue weighted by Crippen LogP contribution is -2.10. The summed E-state index contributed by atoms with van der Waals surface area (Å²) < 4.78 is 14.1. The summed E-state index contributed by atoms with van der Waals surface area (Å²) in [5.41, 5.74) is 3.83. The van der Waals surface area contributed by atoms with Crippen LogP contribution in [0.15, 0.2) is 109 Å². The van der Waals surface area contributed by atoms with Gasteiger partial charge in [0.1, 0.15) is 0 Å². The zero-order valence-electron chi connectivity index (χ0n) is 24.2. The number of esters is 2. The Morgan fingerprint density at radius 2 is 0.909 bits per heavy atom. The summed E-state index contributed by atoms with van der Waals surface area (Å²) in [6.07, 6.45) is 0. The van der Waals surface area contributed by atoms with Crippen molar-refractivity contribution >= 4 is 34.5 Å². The molecule has 0 saturated heterocycles. The molecule has 6 aromatic rings. The van der Waals surface area contributed by atoms with Crippen molar-refractivity contribution in [1.29, 1.82) is 0 Å². The molecule has 0 aliphatic heterocycles. The molecule has 0 N–H and O–H groups in total. The van der Waals surface area contributed by atoms with Crippen molar-refractivity contribution < 1.29 is 28.7 Å². The maximum absolute atomic E-state index is 13.9. The van der Waals surface area contributed by atoms with Crippen LogP contribution in [0.1, 0.15) is 66.7 Å². The number of rotatable bonds is 9. The highest BCUT2D eigenvalue weighted by molar-refractivity contribution is 6.13. The van der Waals surface area contributed by atoms with Crippen molar-refractivity contribution in [3.63, 3.8) is 0 Å². The number of carbonyl (C=O) groups excluding carboxylic acids is 4. The van der Waals surface area contributed by atoms with E-state index in [1.165, 1.54) is 0 Å². The minimum Gasteiger partial charge on any atom is -0.462 e. The molecule has 0 unspecified atom stereocenters. The molecule has 4 aromatic heterocycles. The van der Waals surface area contributed by atoms with Crippen LogP contribution in [0.5, 0.6) is 0 Å². The molecule has 218 valence electrons. The summed E-state index contributed by atoms with van der Waals surface area (Å²) in [5, 5.41) is 0. The SMILES string of the molecule is CCOC(=O)c1cc(C(=O)c2ccccc2)n2c(-c3cccc4c(C(=O)OCC)cc(C(=O)c5ccccc5)n34)cccc12. The van der Waals surface area contributed by atoms with Gasteiger partial charge in [-0.05, 0) is 50.2 Å². The van der Waals surface area contributed by atoms with Crippen LogP contribution in [0.25, 0.3) is 22.4 Å². The predicted octanol–water partition coefficient (Wildman–Crippen LogP) is 6.67. The first kappa shape index (κ1) is 28.4. The number of pyridine rings is 2. The van der Waals surface area contributed by atoms with Crippen molar-refractivity contribution in [2.24, 2.45) is 0 Å². The van der Waals surface area contributed by atoms with E-state index in [-0.39, 0.29) is 47.3 Å². The van der Waals surface area contributed by atoms with Crippen molar-refractivity contribution in [3.8, 4) is 11.4 Å². The fourth-order valence-electron chi connectivity index (χ4n) is 5.46. The molecular weight excluding hydrogens is 556 g/mol. The quantitative estimate of drug-likeness (QED) is 0.139. The first-order valence-electron chi connectivity index (χ1n) is 14.3. The molecule has 0 atom stereocenters. The van der Waals surface area contributed by atoms with E-state index in [1.807, 2.05) is 12.1 Å². The number of ketones is 2. The Bertz CT molecular complexity index is 1910. The largest absolute Gasteiger partial charge is 0.462 e. The van der Waals surface area contributed by atoms with Crippen molar-refractivity contribution in [3.05, 3.63) is 143 Å². The van der Waals surface area contributed by atoms with Gasteiger partial charge in [-0.25, -0.2) is 9.59 Å². The van der Waals surface area contributed by atoms with Gasteiger partial charge < -0.3 is 18.3 Å². The molecule has 44 heavy (non-hydrogen) atoms. The van der Waals surface area contributed by atoms with E-state index in [0.29, 0.717) is 33.5 Å². The zero-order chi connectivity index (χ0) is 30.8. The second kappa shape index (κ2) is 11.9. The van der Waals surface area contributed by atoms with E-state index >= 15 is 0 Å². The van der Waals surface area contributed by atoms with E-state index < -0.39 is 11.9 Å². The van der Waals surface area contributed by atoms with E-state index in [4.69, 9.17) is 9.47 Å². The summed E-state index contributed by atoms with van der Waals surface area (Å²) in [4.78, 5) is 54.0. The van der Waals surface area contributed by atoms with Gasteiger partial charge in [0.2, 0.25) is 11.6 Å². The molecule has 0 spiro atoms. The van der Waals surface area contributed by atoms with Crippen LogP contribution in [-0.2, 0) is 9.47 Å². The van der Waals surface area contributed by atoms with E-state index in [9.17, 15) is 19.2 Å². The Morgan fingerprint density at radius 3 is 1.27 bits per heavy atom. The van der Waals surface area contributed by atoms with E-state index in [2.05, 4.69) is 0 Å². The lowest BCUT2D eigenvalue weighted by Gasteiger charge is -2.14. The number of hydrogen-bond donors (Lipinski definition) is 0. The van der Waals surface area contributed by atoms with Gasteiger partial charge in [0.25, 0.3) is 0 Å². The molecule has 0 fully saturated rings. The first-order chi connectivity index (χ1) is 21.4. The van der Waals surface area contributed by atoms with Crippen LogP contribution in [0.2, 0.25) is 0 Å². The number of benzene rings is 2. The van der Waals surface area contributed by atoms with Gasteiger partial charge in [-0.2, -0.15) is 0 Å². The second-order valence-electron chi connectivity index (χ2n) is 9.98. The average Bonchev–Trinajstić information content (AvgIpc) is 3.65.